The first-order chi connectivity index (χ1) is 9.37. The van der Waals surface area contributed by atoms with Crippen molar-refractivity contribution in [3.63, 3.8) is 0 Å². The lowest BCUT2D eigenvalue weighted by molar-refractivity contribution is 0.563. The molecule has 0 amide bonds. The van der Waals surface area contributed by atoms with Crippen LogP contribution in [-0.4, -0.2) is 48.5 Å². The first-order valence-electron chi connectivity index (χ1n) is 6.89. The summed E-state index contributed by atoms with van der Waals surface area (Å²) in [6.45, 7) is 7.22. The number of nitrogens with zero attached hydrogens (tertiary/aromatic N) is 3. The van der Waals surface area contributed by atoms with Crippen LogP contribution < -0.4 is 10.2 Å². The van der Waals surface area contributed by atoms with Gasteiger partial charge in [0.1, 0.15) is 5.82 Å². The predicted octanol–water partition coefficient (Wildman–Crippen LogP) is 0.598. The number of anilines is 1. The van der Waals surface area contributed by atoms with Crippen LogP contribution in [0.3, 0.4) is 0 Å². The van der Waals surface area contributed by atoms with Gasteiger partial charge in [-0.25, -0.2) is 13.4 Å². The Hall–Kier alpha value is -1.21. The standard InChI is InChI=1S/C13H22N4O2S/c1-10(2)15-7-12-6-14-8-13(16-12)17-4-5-20(18,19)9-11(17)3/h6,8,10-11,15H,4-5,7,9H2,1-3H3. The molecule has 6 nitrogen and oxygen atoms in total. The van der Waals surface area contributed by atoms with Gasteiger partial charge in [0.2, 0.25) is 0 Å². The smallest absolute Gasteiger partial charge is 0.154 e. The molecule has 0 aliphatic carbocycles. The average molecular weight is 298 g/mol. The van der Waals surface area contributed by atoms with Crippen LogP contribution in [0.1, 0.15) is 26.5 Å². The van der Waals surface area contributed by atoms with Gasteiger partial charge in [-0.1, -0.05) is 13.8 Å². The molecule has 0 saturated carbocycles. The highest BCUT2D eigenvalue weighted by molar-refractivity contribution is 7.91. The first-order valence-corrected chi connectivity index (χ1v) is 8.71. The van der Waals surface area contributed by atoms with Gasteiger partial charge < -0.3 is 10.2 Å². The fourth-order valence-electron chi connectivity index (χ4n) is 2.27. The highest BCUT2D eigenvalue weighted by Crippen LogP contribution is 2.18. The fraction of sp³-hybridized carbons (Fsp3) is 0.692. The van der Waals surface area contributed by atoms with E-state index >= 15 is 0 Å². The van der Waals surface area contributed by atoms with Gasteiger partial charge in [0, 0.05) is 31.4 Å². The minimum absolute atomic E-state index is 0.0589. The molecule has 112 valence electrons. The summed E-state index contributed by atoms with van der Waals surface area (Å²) in [5, 5.41) is 3.30. The summed E-state index contributed by atoms with van der Waals surface area (Å²) in [7, 11) is -2.91. The van der Waals surface area contributed by atoms with Gasteiger partial charge in [-0.05, 0) is 6.92 Å². The molecule has 0 radical (unpaired) electrons. The quantitative estimate of drug-likeness (QED) is 0.877. The van der Waals surface area contributed by atoms with Crippen LogP contribution >= 0.6 is 0 Å². The van der Waals surface area contributed by atoms with E-state index in [2.05, 4.69) is 29.1 Å². The predicted molar refractivity (Wildman–Crippen MR) is 79.5 cm³/mol. The summed E-state index contributed by atoms with van der Waals surface area (Å²) in [4.78, 5) is 10.8. The van der Waals surface area contributed by atoms with Crippen molar-refractivity contribution in [2.75, 3.05) is 23.0 Å². The maximum absolute atomic E-state index is 11.6. The molecule has 2 rings (SSSR count). The normalized spacial score (nSPS) is 22.2. The maximum Gasteiger partial charge on any atom is 0.154 e. The second-order valence-corrected chi connectivity index (χ2v) is 7.79. The largest absolute Gasteiger partial charge is 0.351 e. The zero-order chi connectivity index (χ0) is 14.8. The average Bonchev–Trinajstić information content (AvgIpc) is 2.35. The molecular weight excluding hydrogens is 276 g/mol. The molecule has 1 N–H and O–H groups in total. The van der Waals surface area contributed by atoms with Gasteiger partial charge in [-0.15, -0.1) is 0 Å². The zero-order valence-corrected chi connectivity index (χ0v) is 13.0. The van der Waals surface area contributed by atoms with Crippen molar-refractivity contribution >= 4 is 15.7 Å². The van der Waals surface area contributed by atoms with Crippen LogP contribution in [0.2, 0.25) is 0 Å². The first kappa shape index (κ1) is 15.2. The van der Waals surface area contributed by atoms with Crippen LogP contribution in [0.5, 0.6) is 0 Å². The van der Waals surface area contributed by atoms with Crippen LogP contribution in [0.25, 0.3) is 0 Å². The van der Waals surface area contributed by atoms with Crippen LogP contribution in [-0.2, 0) is 16.4 Å². The van der Waals surface area contributed by atoms with Crippen molar-refractivity contribution in [2.45, 2.75) is 39.4 Å². The van der Waals surface area contributed by atoms with E-state index in [1.54, 1.807) is 12.4 Å². The molecule has 0 spiro atoms. The molecule has 20 heavy (non-hydrogen) atoms. The van der Waals surface area contributed by atoms with Crippen LogP contribution in [0.4, 0.5) is 5.82 Å². The Morgan fingerprint density at radius 2 is 2.20 bits per heavy atom. The summed E-state index contributed by atoms with van der Waals surface area (Å²) in [6, 6.07) is 0.330. The number of hydrogen-bond acceptors (Lipinski definition) is 6. The summed E-state index contributed by atoms with van der Waals surface area (Å²) in [5.74, 6) is 1.13. The second-order valence-electron chi connectivity index (χ2n) is 5.56. The molecule has 1 unspecified atom stereocenters. The third-order valence-corrected chi connectivity index (χ3v) is 5.12. The third-order valence-electron chi connectivity index (χ3n) is 3.33. The van der Waals surface area contributed by atoms with Crippen LogP contribution in [0.15, 0.2) is 12.4 Å². The Morgan fingerprint density at radius 1 is 1.45 bits per heavy atom. The van der Waals surface area contributed by atoms with E-state index in [9.17, 15) is 8.42 Å². The Labute approximate surface area is 120 Å². The van der Waals surface area contributed by atoms with Crippen molar-refractivity contribution in [3.05, 3.63) is 18.1 Å². The summed E-state index contributed by atoms with van der Waals surface area (Å²) in [6.07, 6.45) is 3.44. The zero-order valence-electron chi connectivity index (χ0n) is 12.2. The molecule has 1 aromatic heterocycles. The van der Waals surface area contributed by atoms with Gasteiger partial charge in [-0.2, -0.15) is 0 Å². The van der Waals surface area contributed by atoms with Gasteiger partial charge >= 0.3 is 0 Å². The number of hydrogen-bond donors (Lipinski definition) is 1. The van der Waals surface area contributed by atoms with Gasteiger partial charge in [0.25, 0.3) is 0 Å². The summed E-state index contributed by atoms with van der Waals surface area (Å²) in [5.41, 5.74) is 0.872. The molecule has 0 aromatic carbocycles. The highest BCUT2D eigenvalue weighted by Gasteiger charge is 2.29. The molecule has 1 fully saturated rings. The van der Waals surface area contributed by atoms with Crippen molar-refractivity contribution in [3.8, 4) is 0 Å². The Kier molecular flexibility index (Phi) is 4.59. The van der Waals surface area contributed by atoms with E-state index in [4.69, 9.17) is 0 Å². The minimum atomic E-state index is -2.91. The number of aromatic nitrogens is 2. The molecule has 1 saturated heterocycles. The lowest BCUT2D eigenvalue weighted by atomic mass is 10.3. The Balaban J connectivity index is 2.11. The van der Waals surface area contributed by atoms with E-state index in [0.717, 1.165) is 11.5 Å². The van der Waals surface area contributed by atoms with E-state index in [1.807, 2.05) is 11.8 Å². The lowest BCUT2D eigenvalue weighted by Crippen LogP contribution is -2.47. The van der Waals surface area contributed by atoms with E-state index < -0.39 is 9.84 Å². The third kappa shape index (κ3) is 3.89. The molecular formula is C13H22N4O2S. The monoisotopic (exact) mass is 298 g/mol. The van der Waals surface area contributed by atoms with Crippen molar-refractivity contribution in [2.24, 2.45) is 0 Å². The number of rotatable bonds is 4. The van der Waals surface area contributed by atoms with Crippen molar-refractivity contribution in [1.29, 1.82) is 0 Å². The van der Waals surface area contributed by atoms with E-state index in [0.29, 0.717) is 19.1 Å². The molecule has 7 heteroatoms. The van der Waals surface area contributed by atoms with Crippen molar-refractivity contribution < 1.29 is 8.42 Å². The molecule has 1 aliphatic rings. The second kappa shape index (κ2) is 6.05. The molecule has 1 aliphatic heterocycles. The molecule has 2 heterocycles. The number of sulfone groups is 1. The Morgan fingerprint density at radius 3 is 2.85 bits per heavy atom. The van der Waals surface area contributed by atoms with Gasteiger partial charge in [0.05, 0.1) is 23.4 Å². The maximum atomic E-state index is 11.6. The van der Waals surface area contributed by atoms with E-state index in [1.165, 1.54) is 0 Å². The molecule has 1 atom stereocenters. The number of nitrogens with one attached hydrogen (secondary N) is 1. The topological polar surface area (TPSA) is 75.2 Å². The fourth-order valence-corrected chi connectivity index (χ4v) is 3.82. The van der Waals surface area contributed by atoms with Crippen molar-refractivity contribution in [1.82, 2.24) is 15.3 Å². The molecule has 0 bridgehead atoms. The van der Waals surface area contributed by atoms with Gasteiger partial charge in [0.15, 0.2) is 9.84 Å². The molecule has 1 aromatic rings. The SMILES string of the molecule is CC(C)NCc1cncc(N2CCS(=O)(=O)CC2C)n1. The lowest BCUT2D eigenvalue weighted by Gasteiger charge is -2.34. The summed E-state index contributed by atoms with van der Waals surface area (Å²) >= 11 is 0. The van der Waals surface area contributed by atoms with Crippen LogP contribution in [0, 0.1) is 0 Å². The Bertz CT molecular complexity index is 559. The highest BCUT2D eigenvalue weighted by atomic mass is 32.2. The summed E-state index contributed by atoms with van der Waals surface area (Å²) < 4.78 is 23.2. The van der Waals surface area contributed by atoms with E-state index in [-0.39, 0.29) is 17.5 Å². The minimum Gasteiger partial charge on any atom is -0.351 e. The van der Waals surface area contributed by atoms with Gasteiger partial charge in [-0.3, -0.25) is 4.98 Å².